The van der Waals surface area contributed by atoms with Gasteiger partial charge in [-0.1, -0.05) is 11.8 Å². The topological polar surface area (TPSA) is 18.5 Å². The second-order valence-corrected chi connectivity index (χ2v) is 5.96. The molecule has 3 rings (SSSR count). The zero-order valence-corrected chi connectivity index (χ0v) is 12.6. The van der Waals surface area contributed by atoms with E-state index in [4.69, 9.17) is 21.1 Å². The number of benzene rings is 1. The Kier molecular flexibility index (Phi) is 4.37. The Hall–Kier alpha value is -1.24. The Balaban J connectivity index is 1.74. The summed E-state index contributed by atoms with van der Waals surface area (Å²) >= 11 is 5.57. The smallest absolute Gasteiger partial charge is 0.135 e. The van der Waals surface area contributed by atoms with Gasteiger partial charge >= 0.3 is 0 Å². The van der Waals surface area contributed by atoms with Crippen molar-refractivity contribution in [3.05, 3.63) is 29.6 Å². The standard InChI is InChI=1S/C17H18ClFO2/c18-9-1-3-13-11-14(19)4-5-16(13)21-15-6-10-20-17(12-15)7-2-8-17/h4-5,11,15H,2,6-10,12H2. The van der Waals surface area contributed by atoms with Gasteiger partial charge in [0.1, 0.15) is 17.7 Å². The molecule has 1 atom stereocenters. The molecule has 0 amide bonds. The fourth-order valence-electron chi connectivity index (χ4n) is 3.01. The SMILES string of the molecule is Fc1ccc(OC2CCOC3(CCC3)C2)c(C#CCCl)c1. The quantitative estimate of drug-likeness (QED) is 0.609. The van der Waals surface area contributed by atoms with E-state index in [1.807, 2.05) is 0 Å². The Bertz CT molecular complexity index is 572. The molecule has 2 nitrogen and oxygen atoms in total. The fourth-order valence-corrected chi connectivity index (χ4v) is 3.08. The molecule has 1 aromatic carbocycles. The highest BCUT2D eigenvalue weighted by Gasteiger charge is 2.43. The normalized spacial score (nSPS) is 23.0. The zero-order valence-electron chi connectivity index (χ0n) is 11.8. The molecule has 1 unspecified atom stereocenters. The first-order valence-electron chi connectivity index (χ1n) is 7.36. The maximum Gasteiger partial charge on any atom is 0.135 e. The van der Waals surface area contributed by atoms with E-state index in [9.17, 15) is 4.39 Å². The molecule has 112 valence electrons. The van der Waals surface area contributed by atoms with Crippen LogP contribution in [0.15, 0.2) is 18.2 Å². The lowest BCUT2D eigenvalue weighted by Gasteiger charge is -2.46. The maximum atomic E-state index is 13.4. The van der Waals surface area contributed by atoms with Crippen molar-refractivity contribution in [2.45, 2.75) is 43.8 Å². The summed E-state index contributed by atoms with van der Waals surface area (Å²) < 4.78 is 25.3. The predicted octanol–water partition coefficient (Wildman–Crippen LogP) is 3.90. The number of hydrogen-bond donors (Lipinski definition) is 0. The predicted molar refractivity (Wildman–Crippen MR) is 80.2 cm³/mol. The molecule has 4 heteroatoms. The largest absolute Gasteiger partial charge is 0.489 e. The monoisotopic (exact) mass is 308 g/mol. The first-order chi connectivity index (χ1) is 10.2. The first-order valence-corrected chi connectivity index (χ1v) is 7.89. The lowest BCUT2D eigenvalue weighted by molar-refractivity contribution is -0.153. The van der Waals surface area contributed by atoms with Gasteiger partial charge in [0.25, 0.3) is 0 Å². The minimum absolute atomic E-state index is 0.0327. The highest BCUT2D eigenvalue weighted by Crippen LogP contribution is 2.43. The molecule has 0 aromatic heterocycles. The molecule has 1 aromatic rings. The van der Waals surface area contributed by atoms with Crippen LogP contribution in [-0.4, -0.2) is 24.2 Å². The van der Waals surface area contributed by atoms with E-state index in [0.717, 1.165) is 32.3 Å². The van der Waals surface area contributed by atoms with Crippen LogP contribution in [0.3, 0.4) is 0 Å². The van der Waals surface area contributed by atoms with Gasteiger partial charge in [-0.05, 0) is 37.5 Å². The van der Waals surface area contributed by atoms with Crippen LogP contribution in [0.5, 0.6) is 5.75 Å². The summed E-state index contributed by atoms with van der Waals surface area (Å²) in [6, 6.07) is 4.45. The summed E-state index contributed by atoms with van der Waals surface area (Å²) in [6.07, 6.45) is 5.36. The Morgan fingerprint density at radius 3 is 3.00 bits per heavy atom. The number of alkyl halides is 1. The van der Waals surface area contributed by atoms with E-state index in [2.05, 4.69) is 11.8 Å². The van der Waals surface area contributed by atoms with E-state index < -0.39 is 0 Å². The van der Waals surface area contributed by atoms with Gasteiger partial charge in [-0.25, -0.2) is 4.39 Å². The number of halogens is 2. The summed E-state index contributed by atoms with van der Waals surface area (Å²) in [4.78, 5) is 0. The molecule has 1 saturated carbocycles. The highest BCUT2D eigenvalue weighted by molar-refractivity contribution is 6.19. The van der Waals surface area contributed by atoms with Gasteiger partial charge in [0.15, 0.2) is 0 Å². The van der Waals surface area contributed by atoms with E-state index in [0.29, 0.717) is 11.3 Å². The van der Waals surface area contributed by atoms with Crippen LogP contribution in [0.4, 0.5) is 4.39 Å². The van der Waals surface area contributed by atoms with Crippen molar-refractivity contribution in [3.8, 4) is 17.6 Å². The molecular weight excluding hydrogens is 291 g/mol. The fraction of sp³-hybridized carbons (Fsp3) is 0.529. The first kappa shape index (κ1) is 14.7. The van der Waals surface area contributed by atoms with Crippen LogP contribution in [-0.2, 0) is 4.74 Å². The van der Waals surface area contributed by atoms with Gasteiger partial charge in [-0.15, -0.1) is 11.6 Å². The molecule has 2 aliphatic rings. The number of ether oxygens (including phenoxy) is 2. The summed E-state index contributed by atoms with van der Waals surface area (Å²) in [5.41, 5.74) is 0.593. The minimum Gasteiger partial charge on any atom is -0.489 e. The second kappa shape index (κ2) is 6.25. The van der Waals surface area contributed by atoms with E-state index in [-0.39, 0.29) is 23.4 Å². The molecule has 0 N–H and O–H groups in total. The van der Waals surface area contributed by atoms with Gasteiger partial charge < -0.3 is 9.47 Å². The lowest BCUT2D eigenvalue weighted by atomic mass is 9.74. The van der Waals surface area contributed by atoms with Gasteiger partial charge in [0, 0.05) is 12.8 Å². The third-order valence-corrected chi connectivity index (χ3v) is 4.37. The van der Waals surface area contributed by atoms with Crippen molar-refractivity contribution < 1.29 is 13.9 Å². The summed E-state index contributed by atoms with van der Waals surface area (Å²) in [5.74, 6) is 6.15. The molecule has 0 radical (unpaired) electrons. The number of hydrogen-bond acceptors (Lipinski definition) is 2. The van der Waals surface area contributed by atoms with Crippen LogP contribution in [0, 0.1) is 17.7 Å². The maximum absolute atomic E-state index is 13.4. The van der Waals surface area contributed by atoms with E-state index in [1.54, 1.807) is 6.07 Å². The average molecular weight is 309 g/mol. The van der Waals surface area contributed by atoms with Crippen molar-refractivity contribution in [2.24, 2.45) is 0 Å². The average Bonchev–Trinajstić information content (AvgIpc) is 2.46. The number of rotatable bonds is 2. The van der Waals surface area contributed by atoms with E-state index in [1.165, 1.54) is 18.6 Å². The van der Waals surface area contributed by atoms with Crippen LogP contribution >= 0.6 is 11.6 Å². The molecule has 1 heterocycles. The molecule has 1 saturated heterocycles. The van der Waals surface area contributed by atoms with Crippen molar-refractivity contribution >= 4 is 11.6 Å². The Labute approximate surface area is 129 Å². The highest BCUT2D eigenvalue weighted by atomic mass is 35.5. The van der Waals surface area contributed by atoms with E-state index >= 15 is 0 Å². The van der Waals surface area contributed by atoms with Crippen molar-refractivity contribution in [1.29, 1.82) is 0 Å². The summed E-state index contributed by atoms with van der Waals surface area (Å²) in [7, 11) is 0. The van der Waals surface area contributed by atoms with Crippen LogP contribution in [0.2, 0.25) is 0 Å². The van der Waals surface area contributed by atoms with Crippen molar-refractivity contribution in [1.82, 2.24) is 0 Å². The summed E-state index contributed by atoms with van der Waals surface area (Å²) in [5, 5.41) is 0. The van der Waals surface area contributed by atoms with Crippen LogP contribution in [0.1, 0.15) is 37.7 Å². The van der Waals surface area contributed by atoms with Crippen molar-refractivity contribution in [3.63, 3.8) is 0 Å². The zero-order chi connectivity index (χ0) is 14.7. The molecule has 0 bridgehead atoms. The second-order valence-electron chi connectivity index (χ2n) is 5.69. The van der Waals surface area contributed by atoms with Crippen LogP contribution in [0.25, 0.3) is 0 Å². The van der Waals surface area contributed by atoms with Crippen molar-refractivity contribution in [2.75, 3.05) is 12.5 Å². The molecule has 2 fully saturated rings. The third kappa shape index (κ3) is 3.33. The Morgan fingerprint density at radius 1 is 1.43 bits per heavy atom. The van der Waals surface area contributed by atoms with Gasteiger partial charge in [-0.2, -0.15) is 0 Å². The van der Waals surface area contributed by atoms with Crippen LogP contribution < -0.4 is 4.74 Å². The minimum atomic E-state index is -0.316. The molecule has 21 heavy (non-hydrogen) atoms. The van der Waals surface area contributed by atoms with Gasteiger partial charge in [0.2, 0.25) is 0 Å². The Morgan fingerprint density at radius 2 is 2.29 bits per heavy atom. The van der Waals surface area contributed by atoms with Gasteiger partial charge in [0.05, 0.1) is 23.7 Å². The lowest BCUT2D eigenvalue weighted by Crippen LogP contribution is -2.48. The molecular formula is C17H18ClFO2. The molecule has 1 spiro atoms. The summed E-state index contributed by atoms with van der Waals surface area (Å²) in [6.45, 7) is 0.731. The molecule has 1 aliphatic heterocycles. The molecule has 1 aliphatic carbocycles. The third-order valence-electron chi connectivity index (χ3n) is 4.24. The van der Waals surface area contributed by atoms with Gasteiger partial charge in [-0.3, -0.25) is 0 Å².